The molecule has 0 N–H and O–H groups in total. The molecule has 200 valence electrons. The molecule has 4 heteroatoms. The number of nitrogens with zero attached hydrogens (tertiary/aromatic N) is 3. The maximum Gasteiger partial charge on any atom is 2.00 e. The topological polar surface area (TPSA) is 38.8 Å². The monoisotopic (exact) mass is 539 g/mol. The smallest absolute Gasteiger partial charge is 0.655 e. The van der Waals surface area contributed by atoms with E-state index in [9.17, 15) is 0 Å². The molecule has 0 amide bonds. The van der Waals surface area contributed by atoms with Crippen LogP contribution in [0.15, 0.2) is 58.5 Å². The minimum atomic E-state index is 0. The van der Waals surface area contributed by atoms with E-state index in [2.05, 4.69) is 118 Å². The van der Waals surface area contributed by atoms with Gasteiger partial charge in [-0.05, 0) is 59.8 Å². The van der Waals surface area contributed by atoms with Crippen LogP contribution in [0.4, 0.5) is 11.4 Å². The summed E-state index contributed by atoms with van der Waals surface area (Å²) < 4.78 is 0. The number of hydrogen-bond acceptors (Lipinski definition) is 2. The number of aromatic nitrogens is 1. The Morgan fingerprint density at radius 3 is 1.05 bits per heavy atom. The summed E-state index contributed by atoms with van der Waals surface area (Å²) in [6.45, 7) is 22.0. The molecule has 0 bridgehead atoms. The Hall–Kier alpha value is -2.42. The normalized spacial score (nSPS) is 12.4. The van der Waals surface area contributed by atoms with Crippen molar-refractivity contribution in [1.29, 1.82) is 0 Å². The summed E-state index contributed by atoms with van der Waals surface area (Å²) in [6, 6.07) is 17.2. The van der Waals surface area contributed by atoms with Gasteiger partial charge in [-0.25, -0.2) is 0 Å². The summed E-state index contributed by atoms with van der Waals surface area (Å²) in [6.07, 6.45) is 0. The number of hydrogen-bond donors (Lipinski definition) is 0. The second-order valence-corrected chi connectivity index (χ2v) is 10.8. The standard InChI is InChI=1S/C32H42N3.CH3.Fe/c1-19(2)25-13-11-14-26(20(3)4)31(25)33-23(9)29-17-18-30(35-29)24(10)34-32-27(21(5)6)15-12-16-28(32)22(7)8;;/h11-22H,1-10H3;1H3;/q2*-1;+2. The van der Waals surface area contributed by atoms with Gasteiger partial charge in [-0.2, -0.15) is 0 Å². The quantitative estimate of drug-likeness (QED) is 0.159. The van der Waals surface area contributed by atoms with Crippen molar-refractivity contribution in [2.75, 3.05) is 0 Å². The number of benzene rings is 2. The molecule has 0 aliphatic rings. The van der Waals surface area contributed by atoms with Crippen LogP contribution in [0.3, 0.4) is 0 Å². The van der Waals surface area contributed by atoms with E-state index in [1.54, 1.807) is 0 Å². The van der Waals surface area contributed by atoms with Crippen LogP contribution in [-0.4, -0.2) is 11.4 Å². The van der Waals surface area contributed by atoms with Crippen molar-refractivity contribution < 1.29 is 17.1 Å². The molecule has 2 aromatic carbocycles. The molecule has 37 heavy (non-hydrogen) atoms. The fourth-order valence-corrected chi connectivity index (χ4v) is 4.50. The van der Waals surface area contributed by atoms with Gasteiger partial charge in [0.05, 0.1) is 11.4 Å². The fraction of sp³-hybridized carbons (Fsp3) is 0.424. The molecule has 3 rings (SSSR count). The van der Waals surface area contributed by atoms with Crippen LogP contribution >= 0.6 is 0 Å². The molecule has 0 spiro atoms. The molecule has 0 radical (unpaired) electrons. The van der Waals surface area contributed by atoms with Crippen LogP contribution in [-0.2, 0) is 17.1 Å². The van der Waals surface area contributed by atoms with E-state index in [-0.39, 0.29) is 24.5 Å². The van der Waals surface area contributed by atoms with Crippen molar-refractivity contribution in [3.63, 3.8) is 0 Å². The van der Waals surface area contributed by atoms with Crippen molar-refractivity contribution in [3.05, 3.63) is 89.6 Å². The molecule has 0 saturated carbocycles. The van der Waals surface area contributed by atoms with Crippen LogP contribution in [0.5, 0.6) is 0 Å². The SMILES string of the molecule is CC(=Nc1c(C(C)C)cccc1C(C)C)c1ccc(C(C)=Nc2c(C(C)C)cccc2C(C)C)[n-]1.[CH3-].[Fe+2]. The van der Waals surface area contributed by atoms with E-state index in [4.69, 9.17) is 15.0 Å². The van der Waals surface area contributed by atoms with Crippen LogP contribution in [0, 0.1) is 7.43 Å². The Bertz CT molecular complexity index is 1080. The van der Waals surface area contributed by atoms with E-state index >= 15 is 0 Å². The van der Waals surface area contributed by atoms with Gasteiger partial charge in [-0.15, -0.1) is 11.4 Å². The van der Waals surface area contributed by atoms with Crippen molar-refractivity contribution in [2.45, 2.75) is 92.9 Å². The zero-order valence-electron chi connectivity index (χ0n) is 24.6. The Labute approximate surface area is 236 Å². The first-order chi connectivity index (χ1) is 16.5. The molecule has 0 saturated heterocycles. The van der Waals surface area contributed by atoms with Gasteiger partial charge in [0.2, 0.25) is 0 Å². The van der Waals surface area contributed by atoms with Gasteiger partial charge in [0, 0.05) is 11.4 Å². The molecule has 3 nitrogen and oxygen atoms in total. The van der Waals surface area contributed by atoms with Crippen LogP contribution in [0.25, 0.3) is 0 Å². The summed E-state index contributed by atoms with van der Waals surface area (Å²) in [7, 11) is 0. The first-order valence-corrected chi connectivity index (χ1v) is 13.0. The van der Waals surface area contributed by atoms with E-state index < -0.39 is 0 Å². The van der Waals surface area contributed by atoms with E-state index in [1.165, 1.54) is 22.3 Å². The van der Waals surface area contributed by atoms with Gasteiger partial charge < -0.3 is 12.4 Å². The first kappa shape index (κ1) is 32.6. The van der Waals surface area contributed by atoms with Gasteiger partial charge in [0.15, 0.2) is 0 Å². The molecule has 0 unspecified atom stereocenters. The molecule has 0 atom stereocenters. The third kappa shape index (κ3) is 7.55. The summed E-state index contributed by atoms with van der Waals surface area (Å²) >= 11 is 0. The van der Waals surface area contributed by atoms with E-state index in [0.717, 1.165) is 34.2 Å². The second-order valence-electron chi connectivity index (χ2n) is 10.8. The zero-order chi connectivity index (χ0) is 25.9. The van der Waals surface area contributed by atoms with Gasteiger partial charge in [-0.1, -0.05) is 104 Å². The molecule has 3 aromatic rings. The molecule has 0 fully saturated rings. The Morgan fingerprint density at radius 1 is 0.541 bits per heavy atom. The Balaban J connectivity index is 0.00000342. The zero-order valence-corrected chi connectivity index (χ0v) is 25.7. The average Bonchev–Trinajstić information content (AvgIpc) is 3.29. The summed E-state index contributed by atoms with van der Waals surface area (Å²) in [5.41, 5.74) is 11.0. The van der Waals surface area contributed by atoms with Crippen LogP contribution in [0.2, 0.25) is 0 Å². The molecule has 0 aliphatic heterocycles. The van der Waals surface area contributed by atoms with Crippen molar-refractivity contribution in [2.24, 2.45) is 9.98 Å². The summed E-state index contributed by atoms with van der Waals surface area (Å²) in [4.78, 5) is 15.2. The van der Waals surface area contributed by atoms with Gasteiger partial charge >= 0.3 is 17.1 Å². The molecular weight excluding hydrogens is 494 g/mol. The van der Waals surface area contributed by atoms with Crippen molar-refractivity contribution in [3.8, 4) is 0 Å². The number of aliphatic imine (C=N–C) groups is 2. The molecule has 1 aromatic heterocycles. The van der Waals surface area contributed by atoms with Gasteiger partial charge in [-0.3, -0.25) is 9.98 Å². The van der Waals surface area contributed by atoms with Crippen molar-refractivity contribution in [1.82, 2.24) is 4.98 Å². The number of para-hydroxylation sites is 2. The predicted molar refractivity (Wildman–Crippen MR) is 159 cm³/mol. The third-order valence-corrected chi connectivity index (χ3v) is 6.63. The maximum absolute atomic E-state index is 5.12. The first-order valence-electron chi connectivity index (χ1n) is 13.0. The van der Waals surface area contributed by atoms with E-state index in [1.807, 2.05) is 0 Å². The van der Waals surface area contributed by atoms with Crippen LogP contribution < -0.4 is 4.98 Å². The Kier molecular flexibility index (Phi) is 12.3. The minimum absolute atomic E-state index is 0. The summed E-state index contributed by atoms with van der Waals surface area (Å²) in [5, 5.41) is 0. The maximum atomic E-state index is 5.12. The van der Waals surface area contributed by atoms with Gasteiger partial charge in [0.25, 0.3) is 0 Å². The van der Waals surface area contributed by atoms with E-state index in [0.29, 0.717) is 23.7 Å². The Morgan fingerprint density at radius 2 is 0.811 bits per heavy atom. The van der Waals surface area contributed by atoms with Crippen molar-refractivity contribution >= 4 is 22.8 Å². The van der Waals surface area contributed by atoms with Crippen LogP contribution in [0.1, 0.15) is 127 Å². The number of rotatable bonds is 8. The summed E-state index contributed by atoms with van der Waals surface area (Å²) in [5.74, 6) is 1.64. The second kappa shape index (κ2) is 13.9. The molecular formula is C33H45FeN3. The largest absolute Gasteiger partial charge is 2.00 e. The average molecular weight is 540 g/mol. The molecule has 0 aliphatic carbocycles. The fourth-order valence-electron chi connectivity index (χ4n) is 4.50. The van der Waals surface area contributed by atoms with Gasteiger partial charge in [0.1, 0.15) is 0 Å². The third-order valence-electron chi connectivity index (χ3n) is 6.63. The predicted octanol–water partition coefficient (Wildman–Crippen LogP) is 9.87. The molecule has 1 heterocycles. The minimum Gasteiger partial charge on any atom is -0.655 e.